The van der Waals surface area contributed by atoms with Gasteiger partial charge in [0.25, 0.3) is 5.91 Å². The van der Waals surface area contributed by atoms with Gasteiger partial charge in [-0.25, -0.2) is 19.9 Å². The molecule has 1 fully saturated rings. The van der Waals surface area contributed by atoms with Crippen molar-refractivity contribution in [1.29, 1.82) is 0 Å². The number of aliphatic hydroxyl groups is 1. The van der Waals surface area contributed by atoms with Crippen molar-refractivity contribution in [3.05, 3.63) is 78.4 Å². The number of benzene rings is 1. The summed E-state index contributed by atoms with van der Waals surface area (Å²) in [4.78, 5) is 43.1. The van der Waals surface area contributed by atoms with Gasteiger partial charge in [0.1, 0.15) is 28.8 Å². The molecule has 11 nitrogen and oxygen atoms in total. The van der Waals surface area contributed by atoms with E-state index in [9.17, 15) is 27.9 Å². The molecule has 0 radical (unpaired) electrons. The van der Waals surface area contributed by atoms with Gasteiger partial charge in [0.2, 0.25) is 5.89 Å². The molecule has 4 heterocycles. The van der Waals surface area contributed by atoms with Crippen molar-refractivity contribution >= 4 is 23.1 Å². The Bertz CT molecular complexity index is 1640. The zero-order chi connectivity index (χ0) is 29.5. The van der Waals surface area contributed by atoms with Crippen LogP contribution in [0.15, 0.2) is 59.8 Å². The van der Waals surface area contributed by atoms with E-state index >= 15 is 0 Å². The van der Waals surface area contributed by atoms with E-state index in [0.717, 1.165) is 11.0 Å². The molecule has 3 N–H and O–H groups in total. The topological polar surface area (TPSA) is 158 Å². The monoisotopic (exact) mass is 568 g/mol. The summed E-state index contributed by atoms with van der Waals surface area (Å²) < 4.78 is 51.2. The minimum absolute atomic E-state index is 0.0430. The number of aldehydes is 1. The number of hydrogen-bond acceptors (Lipinski definition) is 10. The van der Waals surface area contributed by atoms with Crippen molar-refractivity contribution in [2.24, 2.45) is 5.73 Å². The number of aromatic nitrogens is 4. The Balaban J connectivity index is 1.60. The number of β-amino-alcohol motifs (C(OH)–C–C–N with tert-alkyl or cyclic N) is 1. The highest BCUT2D eigenvalue weighted by Crippen LogP contribution is 2.39. The molecule has 0 unspecified atom stereocenters. The van der Waals surface area contributed by atoms with E-state index in [2.05, 4.69) is 26.5 Å². The smallest absolute Gasteiger partial charge is 0.433 e. The van der Waals surface area contributed by atoms with Crippen LogP contribution >= 0.6 is 0 Å². The van der Waals surface area contributed by atoms with Gasteiger partial charge in [-0.3, -0.25) is 4.79 Å². The largest absolute Gasteiger partial charge is 0.494 e. The zero-order valence-corrected chi connectivity index (χ0v) is 21.5. The van der Waals surface area contributed by atoms with Gasteiger partial charge in [-0.1, -0.05) is 6.08 Å². The minimum atomic E-state index is -4.70. The number of ether oxygens (including phenoxy) is 1. The Morgan fingerprint density at radius 3 is 2.63 bits per heavy atom. The van der Waals surface area contributed by atoms with Crippen LogP contribution in [0.3, 0.4) is 0 Å². The number of methoxy groups -OCH3 is 1. The lowest BCUT2D eigenvalue weighted by atomic mass is 10.00. The lowest BCUT2D eigenvalue weighted by Crippen LogP contribution is -2.39. The van der Waals surface area contributed by atoms with Gasteiger partial charge in [-0.15, -0.1) is 6.58 Å². The second-order valence-electron chi connectivity index (χ2n) is 9.34. The van der Waals surface area contributed by atoms with Crippen LogP contribution in [0.1, 0.15) is 40.2 Å². The number of pyridine rings is 1. The Kier molecular flexibility index (Phi) is 7.05. The molecule has 1 aliphatic rings. The molecule has 1 aromatic carbocycles. The van der Waals surface area contributed by atoms with Crippen molar-refractivity contribution in [2.45, 2.75) is 30.3 Å². The quantitative estimate of drug-likeness (QED) is 0.251. The Morgan fingerprint density at radius 1 is 1.27 bits per heavy atom. The average molecular weight is 569 g/mol. The third-order valence-electron chi connectivity index (χ3n) is 6.75. The second-order valence-corrected chi connectivity index (χ2v) is 9.34. The fourth-order valence-electron chi connectivity index (χ4n) is 4.74. The van der Waals surface area contributed by atoms with Gasteiger partial charge in [-0.2, -0.15) is 13.2 Å². The first-order valence-corrected chi connectivity index (χ1v) is 12.2. The second kappa shape index (κ2) is 10.4. The highest BCUT2D eigenvalue weighted by atomic mass is 19.4. The predicted octanol–water partition coefficient (Wildman–Crippen LogP) is 3.19. The van der Waals surface area contributed by atoms with Crippen molar-refractivity contribution in [1.82, 2.24) is 24.8 Å². The molecule has 1 amide bonds. The number of oxazole rings is 1. The molecule has 3 atom stereocenters. The first kappa shape index (κ1) is 27.9. The number of amides is 1. The van der Waals surface area contributed by atoms with E-state index in [0.29, 0.717) is 6.29 Å². The number of nitrogens with two attached hydrogens (primary N) is 1. The fourth-order valence-corrected chi connectivity index (χ4v) is 4.74. The number of nitrogens with zero attached hydrogens (tertiary/aromatic N) is 5. The molecule has 3 aromatic heterocycles. The third kappa shape index (κ3) is 4.91. The highest BCUT2D eigenvalue weighted by Gasteiger charge is 2.49. The standard InChI is InChI=1S/C27H23F3N6O5/c1-3-17(31)22-21(24(38)36-13-26(39,11-14(36)12-37)25-32-9-4-10-33-25)35-23(41-22)16-5-7-18(40-2)20-15(16)6-8-19(34-20)27(28,29)30/h3-10,12,14,17,39H,1,11,13,31H2,2H3/t14-,17-,26-/m0/s1. The molecule has 0 spiro atoms. The number of rotatable bonds is 7. The molecule has 1 saturated heterocycles. The Hall–Kier alpha value is -4.69. The number of carbonyl (C=O) groups is 2. The Labute approximate surface area is 230 Å². The number of hydrogen-bond donors (Lipinski definition) is 2. The van der Waals surface area contributed by atoms with Crippen LogP contribution in [-0.2, 0) is 16.6 Å². The summed E-state index contributed by atoms with van der Waals surface area (Å²) in [7, 11) is 1.29. The van der Waals surface area contributed by atoms with Crippen molar-refractivity contribution in [3.63, 3.8) is 0 Å². The summed E-state index contributed by atoms with van der Waals surface area (Å²) >= 11 is 0. The van der Waals surface area contributed by atoms with Crippen LogP contribution in [0.4, 0.5) is 13.2 Å². The van der Waals surface area contributed by atoms with Crippen LogP contribution in [-0.4, -0.2) is 61.8 Å². The number of fused-ring (bicyclic) bond motifs is 1. The van der Waals surface area contributed by atoms with Crippen LogP contribution < -0.4 is 10.5 Å². The van der Waals surface area contributed by atoms with Crippen molar-refractivity contribution in [3.8, 4) is 17.2 Å². The maximum Gasteiger partial charge on any atom is 0.433 e. The van der Waals surface area contributed by atoms with Gasteiger partial charge in [0.15, 0.2) is 17.3 Å². The molecule has 0 saturated carbocycles. The van der Waals surface area contributed by atoms with Gasteiger partial charge in [-0.05, 0) is 30.3 Å². The molecule has 1 aliphatic heterocycles. The lowest BCUT2D eigenvalue weighted by molar-refractivity contribution is -0.141. The molecule has 14 heteroatoms. The molecular formula is C27H23F3N6O5. The number of halogens is 3. The predicted molar refractivity (Wildman–Crippen MR) is 137 cm³/mol. The van der Waals surface area contributed by atoms with Crippen molar-refractivity contribution < 1.29 is 37.0 Å². The first-order chi connectivity index (χ1) is 19.5. The fraction of sp³-hybridized carbons (Fsp3) is 0.259. The molecule has 0 aliphatic carbocycles. The highest BCUT2D eigenvalue weighted by molar-refractivity contribution is 5.99. The average Bonchev–Trinajstić information content (AvgIpc) is 3.58. The Morgan fingerprint density at radius 2 is 2.00 bits per heavy atom. The van der Waals surface area contributed by atoms with Gasteiger partial charge < -0.3 is 29.7 Å². The van der Waals surface area contributed by atoms with Crippen LogP contribution in [0.5, 0.6) is 5.75 Å². The zero-order valence-electron chi connectivity index (χ0n) is 21.5. The summed E-state index contributed by atoms with van der Waals surface area (Å²) in [5.74, 6) is -0.889. The lowest BCUT2D eigenvalue weighted by Gasteiger charge is -2.22. The summed E-state index contributed by atoms with van der Waals surface area (Å²) in [6.07, 6.45) is -0.169. The van der Waals surface area contributed by atoms with E-state index in [1.165, 1.54) is 43.8 Å². The number of likely N-dealkylation sites (tertiary alicyclic amines) is 1. The van der Waals surface area contributed by atoms with Crippen LogP contribution in [0, 0.1) is 0 Å². The summed E-state index contributed by atoms with van der Waals surface area (Å²) in [6.45, 7) is 3.31. The summed E-state index contributed by atoms with van der Waals surface area (Å²) in [5, 5.41) is 11.4. The van der Waals surface area contributed by atoms with Gasteiger partial charge in [0, 0.05) is 29.8 Å². The number of carbonyl (C=O) groups excluding carboxylic acids is 2. The van der Waals surface area contributed by atoms with Gasteiger partial charge >= 0.3 is 6.18 Å². The molecule has 41 heavy (non-hydrogen) atoms. The van der Waals surface area contributed by atoms with Crippen LogP contribution in [0.25, 0.3) is 22.4 Å². The first-order valence-electron chi connectivity index (χ1n) is 12.2. The van der Waals surface area contributed by atoms with Crippen LogP contribution in [0.2, 0.25) is 0 Å². The molecule has 5 rings (SSSR count). The normalized spacial score (nSPS) is 19.8. The summed E-state index contributed by atoms with van der Waals surface area (Å²) in [6, 6.07) is 4.40. The van der Waals surface area contributed by atoms with Crippen molar-refractivity contribution in [2.75, 3.05) is 13.7 Å². The molecule has 0 bridgehead atoms. The van der Waals surface area contributed by atoms with Gasteiger partial charge in [0.05, 0.1) is 25.7 Å². The molecular weight excluding hydrogens is 545 g/mol. The maximum atomic E-state index is 13.8. The maximum absolute atomic E-state index is 13.8. The van der Waals surface area contributed by atoms with E-state index in [1.807, 2.05) is 0 Å². The molecule has 212 valence electrons. The summed E-state index contributed by atoms with van der Waals surface area (Å²) in [5.41, 5.74) is 3.16. The van der Waals surface area contributed by atoms with E-state index in [4.69, 9.17) is 14.9 Å². The minimum Gasteiger partial charge on any atom is -0.494 e. The van der Waals surface area contributed by atoms with E-state index in [1.54, 1.807) is 6.07 Å². The van der Waals surface area contributed by atoms with E-state index < -0.39 is 35.5 Å². The van der Waals surface area contributed by atoms with E-state index in [-0.39, 0.29) is 58.4 Å². The molecule has 4 aromatic rings. The SMILES string of the molecule is C=C[C@H](N)c1oc(-c2ccc(OC)c3nc(C(F)(F)F)ccc23)nc1C(=O)N1C[C@](O)(c2ncccn2)C[C@H]1C=O. The third-order valence-corrected chi connectivity index (χ3v) is 6.75. The number of alkyl halides is 3.